The summed E-state index contributed by atoms with van der Waals surface area (Å²) in [5, 5.41) is 21.2. The molecule has 1 aliphatic heterocycles. The summed E-state index contributed by atoms with van der Waals surface area (Å²) in [5.74, 6) is -3.02. The first-order valence-electron chi connectivity index (χ1n) is 11.7. The summed E-state index contributed by atoms with van der Waals surface area (Å²) in [6, 6.07) is 5.52. The lowest BCUT2D eigenvalue weighted by Gasteiger charge is -2.35. The summed E-state index contributed by atoms with van der Waals surface area (Å²) < 4.78 is 42.0. The maximum absolute atomic E-state index is 13.1. The molecule has 0 saturated carbocycles. The van der Waals surface area contributed by atoms with Crippen LogP contribution in [0.3, 0.4) is 0 Å². The lowest BCUT2D eigenvalue weighted by atomic mass is 9.80. The number of carboxylic acid groups (broad SMARTS) is 1. The molecule has 2 rings (SSSR count). The molecule has 1 heterocycles. The van der Waals surface area contributed by atoms with E-state index in [0.29, 0.717) is 49.1 Å². The molecule has 0 spiro atoms. The molecule has 1 aliphatic rings. The van der Waals surface area contributed by atoms with Gasteiger partial charge in [0.1, 0.15) is 0 Å². The number of halogens is 3. The molecule has 0 saturated heterocycles. The number of nitro groups is 1. The van der Waals surface area contributed by atoms with Gasteiger partial charge in [-0.05, 0) is 32.3 Å². The van der Waals surface area contributed by atoms with E-state index in [2.05, 4.69) is 0 Å². The number of non-ortho nitro benzene ring substituents is 1. The lowest BCUT2D eigenvalue weighted by molar-refractivity contribution is -0.384. The average molecular weight is 513 g/mol. The van der Waals surface area contributed by atoms with E-state index < -0.39 is 35.4 Å². The maximum atomic E-state index is 13.1. The molecule has 1 aromatic rings. The van der Waals surface area contributed by atoms with Gasteiger partial charge in [0.05, 0.1) is 28.6 Å². The van der Waals surface area contributed by atoms with Gasteiger partial charge in [0.15, 0.2) is 0 Å². The minimum atomic E-state index is -4.13. The van der Waals surface area contributed by atoms with Crippen LogP contribution in [-0.2, 0) is 14.3 Å². The monoisotopic (exact) mass is 512 g/mol. The van der Waals surface area contributed by atoms with Crippen molar-refractivity contribution in [3.05, 3.63) is 62.5 Å². The summed E-state index contributed by atoms with van der Waals surface area (Å²) in [4.78, 5) is 37.6. The Hall–Kier alpha value is -3.37. The number of rotatable bonds is 12. The summed E-state index contributed by atoms with van der Waals surface area (Å²) in [6.07, 6.45) is -1.80. The van der Waals surface area contributed by atoms with Gasteiger partial charge in [0, 0.05) is 37.0 Å². The zero-order valence-corrected chi connectivity index (χ0v) is 20.6. The van der Waals surface area contributed by atoms with Crippen molar-refractivity contribution in [3.63, 3.8) is 0 Å². The second kappa shape index (κ2) is 12.5. The van der Waals surface area contributed by atoms with E-state index >= 15 is 0 Å². The molecule has 0 bridgehead atoms. The van der Waals surface area contributed by atoms with E-state index in [-0.39, 0.29) is 29.9 Å². The Kier molecular flexibility index (Phi) is 10.1. The molecule has 8 nitrogen and oxygen atoms in total. The van der Waals surface area contributed by atoms with E-state index in [4.69, 9.17) is 4.74 Å². The van der Waals surface area contributed by atoms with Crippen LogP contribution in [0.25, 0.3) is 0 Å². The standard InChI is InChI=1S/C25H31F3N2O6/c1-16-20(23(31)32)22(18-11-10-12-19(15-18)30(34)35)21(17(2)29(16)3)24(33)36-14-9-7-5-4-6-8-13-25(26,27)28/h10-12,15,22H,4-9,13-14H2,1-3H3,(H,31,32). The van der Waals surface area contributed by atoms with E-state index in [1.807, 2.05) is 0 Å². The Morgan fingerprint density at radius 1 is 1.06 bits per heavy atom. The van der Waals surface area contributed by atoms with Crippen LogP contribution >= 0.6 is 0 Å². The van der Waals surface area contributed by atoms with Crippen LogP contribution < -0.4 is 0 Å². The van der Waals surface area contributed by atoms with Gasteiger partial charge in [-0.3, -0.25) is 10.1 Å². The number of ether oxygens (including phenoxy) is 1. The number of hydrogen-bond acceptors (Lipinski definition) is 6. The van der Waals surface area contributed by atoms with Gasteiger partial charge in [0.25, 0.3) is 5.69 Å². The van der Waals surface area contributed by atoms with E-state index in [0.717, 1.165) is 0 Å². The molecule has 1 aromatic carbocycles. The molecule has 0 radical (unpaired) electrons. The van der Waals surface area contributed by atoms with Crippen LogP contribution in [0.15, 0.2) is 46.8 Å². The Morgan fingerprint density at radius 3 is 2.22 bits per heavy atom. The normalized spacial score (nSPS) is 16.4. The van der Waals surface area contributed by atoms with Crippen molar-refractivity contribution in [2.75, 3.05) is 13.7 Å². The smallest absolute Gasteiger partial charge is 0.389 e. The summed E-state index contributed by atoms with van der Waals surface area (Å²) in [5.41, 5.74) is 0.957. The third-order valence-corrected chi connectivity index (χ3v) is 6.32. The second-order valence-corrected chi connectivity index (χ2v) is 8.77. The summed E-state index contributed by atoms with van der Waals surface area (Å²) in [6.45, 7) is 3.33. The van der Waals surface area contributed by atoms with Gasteiger partial charge in [-0.15, -0.1) is 0 Å². The second-order valence-electron chi connectivity index (χ2n) is 8.77. The average Bonchev–Trinajstić information content (AvgIpc) is 2.80. The number of hydrogen-bond donors (Lipinski definition) is 1. The van der Waals surface area contributed by atoms with E-state index in [1.54, 1.807) is 31.9 Å². The van der Waals surface area contributed by atoms with Crippen molar-refractivity contribution in [3.8, 4) is 0 Å². The molecule has 1 atom stereocenters. The minimum Gasteiger partial charge on any atom is -0.478 e. The van der Waals surface area contributed by atoms with E-state index in [9.17, 15) is 38.0 Å². The lowest BCUT2D eigenvalue weighted by Crippen LogP contribution is -2.33. The molecule has 198 valence electrons. The largest absolute Gasteiger partial charge is 0.478 e. The molecule has 0 aliphatic carbocycles. The number of nitro benzene ring substituents is 1. The number of carbonyl (C=O) groups excluding carboxylic acids is 1. The molecule has 0 fully saturated rings. The number of allylic oxidation sites excluding steroid dienone is 2. The van der Waals surface area contributed by atoms with Crippen molar-refractivity contribution in [1.29, 1.82) is 0 Å². The third kappa shape index (κ3) is 7.56. The first kappa shape index (κ1) is 28.9. The first-order chi connectivity index (χ1) is 16.8. The number of carbonyl (C=O) groups is 2. The summed E-state index contributed by atoms with van der Waals surface area (Å²) in [7, 11) is 1.63. The predicted octanol–water partition coefficient (Wildman–Crippen LogP) is 6.09. The van der Waals surface area contributed by atoms with Gasteiger partial charge in [-0.25, -0.2) is 9.59 Å². The molecule has 1 N–H and O–H groups in total. The maximum Gasteiger partial charge on any atom is 0.389 e. The van der Waals surface area contributed by atoms with Gasteiger partial charge in [-0.2, -0.15) is 13.2 Å². The molecular formula is C25H31F3N2O6. The highest BCUT2D eigenvalue weighted by molar-refractivity contribution is 5.99. The predicted molar refractivity (Wildman–Crippen MR) is 126 cm³/mol. The van der Waals surface area contributed by atoms with Crippen molar-refractivity contribution in [1.82, 2.24) is 4.90 Å². The quantitative estimate of drug-likeness (QED) is 0.156. The Balaban J connectivity index is 2.11. The Labute approximate surface area is 207 Å². The fourth-order valence-corrected chi connectivity index (χ4v) is 4.25. The van der Waals surface area contributed by atoms with Crippen molar-refractivity contribution in [2.45, 2.75) is 70.9 Å². The Morgan fingerprint density at radius 2 is 1.64 bits per heavy atom. The van der Waals surface area contributed by atoms with Gasteiger partial charge in [-0.1, -0.05) is 37.8 Å². The fraction of sp³-hybridized carbons (Fsp3) is 0.520. The number of carboxylic acids is 1. The number of nitrogens with zero attached hydrogens (tertiary/aromatic N) is 2. The number of aliphatic carboxylic acids is 1. The molecule has 0 amide bonds. The third-order valence-electron chi connectivity index (χ3n) is 6.32. The highest BCUT2D eigenvalue weighted by Crippen LogP contribution is 2.42. The zero-order chi connectivity index (χ0) is 27.0. The van der Waals surface area contributed by atoms with Crippen molar-refractivity contribution >= 4 is 17.6 Å². The van der Waals surface area contributed by atoms with Gasteiger partial charge >= 0.3 is 18.1 Å². The van der Waals surface area contributed by atoms with Crippen LogP contribution in [0.5, 0.6) is 0 Å². The molecule has 1 unspecified atom stereocenters. The molecular weight excluding hydrogens is 481 g/mol. The van der Waals surface area contributed by atoms with Crippen LogP contribution in [-0.4, -0.2) is 46.7 Å². The SMILES string of the molecule is CC1=C(C(=O)O)C(c2cccc([N+](=O)[O-])c2)C(C(=O)OCCCCCCCCC(F)(F)F)=C(C)N1C. The highest BCUT2D eigenvalue weighted by Gasteiger charge is 2.39. The van der Waals surface area contributed by atoms with Gasteiger partial charge in [0.2, 0.25) is 0 Å². The van der Waals surface area contributed by atoms with Crippen LogP contribution in [0.4, 0.5) is 18.9 Å². The number of benzene rings is 1. The minimum absolute atomic E-state index is 0.0641. The van der Waals surface area contributed by atoms with E-state index in [1.165, 1.54) is 18.2 Å². The summed E-state index contributed by atoms with van der Waals surface area (Å²) >= 11 is 0. The molecule has 11 heteroatoms. The number of esters is 1. The topological polar surface area (TPSA) is 110 Å². The van der Waals surface area contributed by atoms with Gasteiger partial charge < -0.3 is 14.7 Å². The molecule has 0 aromatic heterocycles. The highest BCUT2D eigenvalue weighted by atomic mass is 19.4. The van der Waals surface area contributed by atoms with Crippen LogP contribution in [0.1, 0.15) is 70.3 Å². The zero-order valence-electron chi connectivity index (χ0n) is 20.6. The fourth-order valence-electron chi connectivity index (χ4n) is 4.25. The van der Waals surface area contributed by atoms with Crippen molar-refractivity contribution < 1.29 is 37.5 Å². The Bertz CT molecular complexity index is 1050. The number of unbranched alkanes of at least 4 members (excludes halogenated alkanes) is 5. The van der Waals surface area contributed by atoms with Crippen LogP contribution in [0, 0.1) is 10.1 Å². The van der Waals surface area contributed by atoms with Crippen LogP contribution in [0.2, 0.25) is 0 Å². The van der Waals surface area contributed by atoms with Crippen molar-refractivity contribution in [2.24, 2.45) is 0 Å². The molecule has 36 heavy (non-hydrogen) atoms. The first-order valence-corrected chi connectivity index (χ1v) is 11.7. The number of alkyl halides is 3.